The Labute approximate surface area is 172 Å². The fraction of sp³-hybridized carbons (Fsp3) is 0.421. The SMILES string of the molecule is COc1ccc(Cl)cc1C(=O)N=c1sn(C(C)(C)C)c2c1CN(C(=O)O)CC2. The van der Waals surface area contributed by atoms with Gasteiger partial charge in [0.15, 0.2) is 0 Å². The Kier molecular flexibility index (Phi) is 5.54. The number of fused-ring (bicyclic) bond motifs is 1. The van der Waals surface area contributed by atoms with Crippen LogP contribution in [0.3, 0.4) is 0 Å². The van der Waals surface area contributed by atoms with E-state index in [1.54, 1.807) is 12.1 Å². The van der Waals surface area contributed by atoms with Crippen LogP contribution in [0.15, 0.2) is 23.2 Å². The molecule has 0 unspecified atom stereocenters. The van der Waals surface area contributed by atoms with Crippen molar-refractivity contribution in [1.82, 2.24) is 8.86 Å². The number of aromatic nitrogens is 1. The third-order valence-corrected chi connectivity index (χ3v) is 6.17. The first kappa shape index (κ1) is 20.4. The third-order valence-electron chi connectivity index (χ3n) is 4.47. The monoisotopic (exact) mass is 423 g/mol. The van der Waals surface area contributed by atoms with Crippen molar-refractivity contribution in [2.45, 2.75) is 39.3 Å². The van der Waals surface area contributed by atoms with Gasteiger partial charge in [0, 0.05) is 34.8 Å². The first-order valence-corrected chi connectivity index (χ1v) is 9.92. The number of carbonyl (C=O) groups excluding carboxylic acids is 1. The average Bonchev–Trinajstić information content (AvgIpc) is 2.99. The van der Waals surface area contributed by atoms with E-state index in [0.717, 1.165) is 11.3 Å². The number of hydrogen-bond donors (Lipinski definition) is 1. The number of halogens is 1. The third kappa shape index (κ3) is 3.93. The van der Waals surface area contributed by atoms with Crippen molar-refractivity contribution in [2.24, 2.45) is 4.99 Å². The summed E-state index contributed by atoms with van der Waals surface area (Å²) >= 11 is 7.40. The van der Waals surface area contributed by atoms with Crippen molar-refractivity contribution in [3.8, 4) is 5.75 Å². The van der Waals surface area contributed by atoms with Crippen LogP contribution in [-0.2, 0) is 18.5 Å². The smallest absolute Gasteiger partial charge is 0.407 e. The van der Waals surface area contributed by atoms with Crippen LogP contribution in [0, 0.1) is 0 Å². The molecule has 150 valence electrons. The van der Waals surface area contributed by atoms with E-state index in [1.807, 2.05) is 0 Å². The minimum atomic E-state index is -0.979. The van der Waals surface area contributed by atoms with Gasteiger partial charge in [-0.1, -0.05) is 11.6 Å². The number of hydrogen-bond acceptors (Lipinski definition) is 4. The second-order valence-corrected chi connectivity index (χ2v) is 8.87. The highest BCUT2D eigenvalue weighted by Gasteiger charge is 2.29. The normalized spacial score (nSPS) is 14.8. The zero-order chi connectivity index (χ0) is 20.6. The summed E-state index contributed by atoms with van der Waals surface area (Å²) in [5.41, 5.74) is 1.87. The van der Waals surface area contributed by atoms with Gasteiger partial charge >= 0.3 is 6.09 Å². The number of ether oxygens (including phenoxy) is 1. The maximum absolute atomic E-state index is 12.9. The molecule has 0 atom stereocenters. The molecule has 2 amide bonds. The van der Waals surface area contributed by atoms with Crippen LogP contribution in [-0.4, -0.2) is 39.6 Å². The Hall–Kier alpha value is -2.32. The highest BCUT2D eigenvalue weighted by atomic mass is 35.5. The molecule has 2 heterocycles. The van der Waals surface area contributed by atoms with E-state index in [9.17, 15) is 14.7 Å². The Morgan fingerprint density at radius 1 is 1.32 bits per heavy atom. The predicted octanol–water partition coefficient (Wildman–Crippen LogP) is 3.74. The van der Waals surface area contributed by atoms with Crippen LogP contribution < -0.4 is 9.41 Å². The molecule has 0 spiro atoms. The van der Waals surface area contributed by atoms with Crippen LogP contribution in [0.25, 0.3) is 0 Å². The van der Waals surface area contributed by atoms with Gasteiger partial charge in [-0.15, -0.1) is 0 Å². The predicted molar refractivity (Wildman–Crippen MR) is 107 cm³/mol. The maximum Gasteiger partial charge on any atom is 0.407 e. The van der Waals surface area contributed by atoms with E-state index in [-0.39, 0.29) is 17.6 Å². The number of carbonyl (C=O) groups is 2. The molecule has 1 aliphatic rings. The van der Waals surface area contributed by atoms with E-state index in [2.05, 4.69) is 29.7 Å². The number of methoxy groups -OCH3 is 1. The number of rotatable bonds is 2. The molecule has 1 N–H and O–H groups in total. The minimum absolute atomic E-state index is 0.204. The van der Waals surface area contributed by atoms with Gasteiger partial charge in [0.25, 0.3) is 5.91 Å². The molecule has 9 heteroatoms. The zero-order valence-corrected chi connectivity index (χ0v) is 17.7. The van der Waals surface area contributed by atoms with Crippen molar-refractivity contribution in [3.05, 3.63) is 44.7 Å². The van der Waals surface area contributed by atoms with Gasteiger partial charge in [0.05, 0.1) is 19.2 Å². The maximum atomic E-state index is 12.9. The lowest BCUT2D eigenvalue weighted by molar-refractivity contribution is 0.0996. The summed E-state index contributed by atoms with van der Waals surface area (Å²) in [7, 11) is 1.48. The van der Waals surface area contributed by atoms with Crippen LogP contribution in [0.1, 0.15) is 42.4 Å². The fourth-order valence-corrected chi connectivity index (χ4v) is 4.50. The van der Waals surface area contributed by atoms with E-state index in [1.165, 1.54) is 29.6 Å². The van der Waals surface area contributed by atoms with Gasteiger partial charge < -0.3 is 14.7 Å². The molecule has 0 bridgehead atoms. The Morgan fingerprint density at radius 3 is 2.64 bits per heavy atom. The summed E-state index contributed by atoms with van der Waals surface area (Å²) in [6, 6.07) is 4.78. The second-order valence-electron chi connectivity index (χ2n) is 7.50. The molecule has 0 radical (unpaired) electrons. The summed E-state index contributed by atoms with van der Waals surface area (Å²) in [4.78, 5) is 30.0. The van der Waals surface area contributed by atoms with Crippen molar-refractivity contribution in [1.29, 1.82) is 0 Å². The van der Waals surface area contributed by atoms with Crippen LogP contribution >= 0.6 is 23.1 Å². The zero-order valence-electron chi connectivity index (χ0n) is 16.2. The van der Waals surface area contributed by atoms with Crippen molar-refractivity contribution >= 4 is 35.1 Å². The molecular formula is C19H22ClN3O4S. The first-order valence-electron chi connectivity index (χ1n) is 8.77. The number of nitrogens with zero attached hydrogens (tertiary/aromatic N) is 3. The molecule has 0 aliphatic carbocycles. The van der Waals surface area contributed by atoms with E-state index in [0.29, 0.717) is 28.4 Å². The molecular weight excluding hydrogens is 402 g/mol. The molecule has 1 aromatic heterocycles. The van der Waals surface area contributed by atoms with Crippen molar-refractivity contribution < 1.29 is 19.4 Å². The quantitative estimate of drug-likeness (QED) is 0.797. The van der Waals surface area contributed by atoms with Crippen LogP contribution in [0.4, 0.5) is 4.79 Å². The largest absolute Gasteiger partial charge is 0.496 e. The number of amides is 2. The molecule has 3 rings (SSSR count). The molecule has 2 aromatic rings. The number of benzene rings is 1. The molecule has 7 nitrogen and oxygen atoms in total. The van der Waals surface area contributed by atoms with Crippen molar-refractivity contribution in [3.63, 3.8) is 0 Å². The van der Waals surface area contributed by atoms with E-state index >= 15 is 0 Å². The lowest BCUT2D eigenvalue weighted by atomic mass is 10.0. The van der Waals surface area contributed by atoms with Gasteiger partial charge in [-0.05, 0) is 50.5 Å². The summed E-state index contributed by atoms with van der Waals surface area (Å²) in [5.74, 6) is -0.0867. The molecule has 0 fully saturated rings. The second kappa shape index (κ2) is 7.60. The number of carboxylic acid groups (broad SMARTS) is 1. The minimum Gasteiger partial charge on any atom is -0.496 e. The molecule has 0 saturated carbocycles. The van der Waals surface area contributed by atoms with Gasteiger partial charge in [-0.3, -0.25) is 8.75 Å². The van der Waals surface area contributed by atoms with Gasteiger partial charge in [-0.25, -0.2) is 4.79 Å². The Balaban J connectivity index is 2.14. The summed E-state index contributed by atoms with van der Waals surface area (Å²) < 4.78 is 7.88. The van der Waals surface area contributed by atoms with Crippen LogP contribution in [0.2, 0.25) is 5.02 Å². The fourth-order valence-electron chi connectivity index (χ4n) is 3.16. The standard InChI is InChI=1S/C19H22ClN3O4S/c1-19(2,3)23-14-7-8-22(18(25)26)10-13(14)17(28-23)21-16(24)12-9-11(20)5-6-15(12)27-4/h5-6,9H,7-8,10H2,1-4H3,(H,25,26). The Bertz CT molecular complexity index is 1000. The molecule has 0 saturated heterocycles. The topological polar surface area (TPSA) is 84.1 Å². The molecule has 28 heavy (non-hydrogen) atoms. The average molecular weight is 424 g/mol. The summed E-state index contributed by atoms with van der Waals surface area (Å²) in [5, 5.41) is 9.79. The first-order chi connectivity index (χ1) is 13.1. The lowest BCUT2D eigenvalue weighted by Crippen LogP contribution is -2.37. The van der Waals surface area contributed by atoms with Crippen LogP contribution in [0.5, 0.6) is 5.75 Å². The van der Waals surface area contributed by atoms with E-state index in [4.69, 9.17) is 16.3 Å². The van der Waals surface area contributed by atoms with Crippen molar-refractivity contribution in [2.75, 3.05) is 13.7 Å². The van der Waals surface area contributed by atoms with Gasteiger partial charge in [-0.2, -0.15) is 4.99 Å². The van der Waals surface area contributed by atoms with Gasteiger partial charge in [0.2, 0.25) is 0 Å². The van der Waals surface area contributed by atoms with Gasteiger partial charge in [0.1, 0.15) is 10.4 Å². The summed E-state index contributed by atoms with van der Waals surface area (Å²) in [6.07, 6.45) is -0.396. The summed E-state index contributed by atoms with van der Waals surface area (Å²) in [6.45, 7) is 6.84. The highest BCUT2D eigenvalue weighted by molar-refractivity contribution is 7.04. The Morgan fingerprint density at radius 2 is 2.04 bits per heavy atom. The molecule has 1 aromatic carbocycles. The highest BCUT2D eigenvalue weighted by Crippen LogP contribution is 2.27. The molecule has 1 aliphatic heterocycles. The van der Waals surface area contributed by atoms with E-state index < -0.39 is 12.0 Å². The lowest BCUT2D eigenvalue weighted by Gasteiger charge is -2.28.